The number of nitrogens with zero attached hydrogens (tertiary/aromatic N) is 2. The van der Waals surface area contributed by atoms with Crippen LogP contribution in [0.3, 0.4) is 0 Å². The summed E-state index contributed by atoms with van der Waals surface area (Å²) in [6.07, 6.45) is -0.285. The molecule has 4 N–H and O–H groups in total. The van der Waals surface area contributed by atoms with Crippen LogP contribution in [0.4, 0.5) is 0 Å². The number of carbonyl (C=O) groups excluding carboxylic acids is 4. The van der Waals surface area contributed by atoms with Gasteiger partial charge >= 0.3 is 11.9 Å². The van der Waals surface area contributed by atoms with E-state index in [1.165, 1.54) is 6.92 Å². The summed E-state index contributed by atoms with van der Waals surface area (Å²) in [6.45, 7) is 3.56. The molecule has 4 aliphatic heterocycles. The average molecular weight is 629 g/mol. The van der Waals surface area contributed by atoms with Crippen LogP contribution in [0.5, 0.6) is 0 Å². The zero-order chi connectivity index (χ0) is 30.3. The molecule has 13 nitrogen and oxygen atoms in total. The van der Waals surface area contributed by atoms with Crippen LogP contribution in [-0.2, 0) is 38.5 Å². The Morgan fingerprint density at radius 1 is 1.22 bits per heavy atom. The first-order valence-corrected chi connectivity index (χ1v) is 15.7. The lowest BCUT2D eigenvalue weighted by Crippen LogP contribution is -2.77. The molecule has 7 atom stereocenters. The van der Waals surface area contributed by atoms with Gasteiger partial charge < -0.3 is 30.7 Å². The number of nitrogens with one attached hydrogen (secondary N) is 1. The van der Waals surface area contributed by atoms with Crippen LogP contribution in [-0.4, -0.2) is 103 Å². The molecule has 3 amide bonds. The lowest BCUT2D eigenvalue weighted by atomic mass is 9.81. The summed E-state index contributed by atoms with van der Waals surface area (Å²) >= 11 is 7.11. The molecule has 1 aromatic carbocycles. The molecular weight excluding hydrogens is 600 g/mol. The summed E-state index contributed by atoms with van der Waals surface area (Å²) < 4.78 is 28.5. The topological polar surface area (TPSA) is 193 Å². The maximum atomic E-state index is 13.4. The van der Waals surface area contributed by atoms with E-state index in [1.807, 2.05) is 0 Å². The van der Waals surface area contributed by atoms with Crippen molar-refractivity contribution in [3.05, 3.63) is 35.9 Å². The van der Waals surface area contributed by atoms with Crippen molar-refractivity contribution < 1.29 is 42.2 Å². The molecule has 4 fully saturated rings. The fourth-order valence-electron chi connectivity index (χ4n) is 6.03. The van der Waals surface area contributed by atoms with E-state index in [1.54, 1.807) is 44.2 Å². The summed E-state index contributed by atoms with van der Waals surface area (Å²) in [5, 5.41) is 11.0. The Morgan fingerprint density at radius 2 is 1.85 bits per heavy atom. The highest BCUT2D eigenvalue weighted by atomic mass is 35.5. The first-order valence-electron chi connectivity index (χ1n) is 12.7. The molecule has 1 aromatic rings. The van der Waals surface area contributed by atoms with Crippen LogP contribution < -0.4 is 11.1 Å². The van der Waals surface area contributed by atoms with Gasteiger partial charge in [0.25, 0.3) is 0 Å². The minimum atomic E-state index is -4.02. The number of nitrogens with two attached hydrogens (primary N) is 1. The van der Waals surface area contributed by atoms with Crippen LogP contribution in [0.1, 0.15) is 38.8 Å². The maximum Gasteiger partial charge on any atom is 0.334 e. The summed E-state index contributed by atoms with van der Waals surface area (Å²) in [5.74, 6) is -4.98. The number of alkyl halides is 1. The third-order valence-electron chi connectivity index (χ3n) is 8.68. The van der Waals surface area contributed by atoms with Crippen molar-refractivity contribution in [2.75, 3.05) is 12.5 Å². The number of hydrogen-bond donors (Lipinski definition) is 3. The molecule has 2 unspecified atom stereocenters. The van der Waals surface area contributed by atoms with E-state index in [2.05, 4.69) is 5.32 Å². The smallest absolute Gasteiger partial charge is 0.334 e. The highest BCUT2D eigenvalue weighted by Gasteiger charge is 2.74. The Balaban J connectivity index is 1.37. The second kappa shape index (κ2) is 9.57. The number of aliphatic carboxylic acids is 1. The highest BCUT2D eigenvalue weighted by Crippen LogP contribution is 2.57. The number of sulfone groups is 1. The van der Waals surface area contributed by atoms with Crippen molar-refractivity contribution in [1.29, 1.82) is 0 Å². The first kappa shape index (κ1) is 29.6. The second-order valence-electron chi connectivity index (χ2n) is 11.2. The quantitative estimate of drug-likeness (QED) is 0.192. The Bertz CT molecular complexity index is 1460. The molecule has 0 bridgehead atoms. The van der Waals surface area contributed by atoms with Crippen LogP contribution >= 0.6 is 23.4 Å². The van der Waals surface area contributed by atoms with Gasteiger partial charge in [0.1, 0.15) is 34.2 Å². The molecule has 4 heterocycles. The minimum absolute atomic E-state index is 0.285. The van der Waals surface area contributed by atoms with Gasteiger partial charge in [0.2, 0.25) is 17.7 Å². The van der Waals surface area contributed by atoms with Gasteiger partial charge in [-0.2, -0.15) is 0 Å². The molecular formula is C25H29ClN4O9S2. The molecule has 41 heavy (non-hydrogen) atoms. The second-order valence-corrected chi connectivity index (χ2v) is 15.8. The number of rotatable bonds is 8. The van der Waals surface area contributed by atoms with Crippen molar-refractivity contribution in [1.82, 2.24) is 15.1 Å². The third-order valence-corrected chi connectivity index (χ3v) is 13.8. The minimum Gasteiger partial charge on any atom is -0.479 e. The van der Waals surface area contributed by atoms with Crippen LogP contribution in [0.15, 0.2) is 30.3 Å². The van der Waals surface area contributed by atoms with Gasteiger partial charge in [0, 0.05) is 5.88 Å². The predicted octanol–water partition coefficient (Wildman–Crippen LogP) is -0.416. The standard InChI is InChI=1S/C25H29ClN4O9S2/c1-23(2)25(22(35)36,11-39-21(34)17-24(3,10-26)41(37,38)14-9-13(31)29(14)17)30-19(33)16(20(30)40-23)28-18(32)15(27)12-7-5-4-6-8-12/h4-8,14-17,20H,9-11,27H2,1-3H3,(H,28,32)(H,35,36)/t14-,15?,16+,17?,20+,24-,25-/m0/s1. The van der Waals surface area contributed by atoms with Crippen molar-refractivity contribution in [3.63, 3.8) is 0 Å². The number of hydrogen-bond acceptors (Lipinski definition) is 10. The maximum absolute atomic E-state index is 13.4. The van der Waals surface area contributed by atoms with Gasteiger partial charge in [-0.3, -0.25) is 14.4 Å². The number of amides is 3. The largest absolute Gasteiger partial charge is 0.479 e. The van der Waals surface area contributed by atoms with Crippen molar-refractivity contribution in [3.8, 4) is 0 Å². The number of carboxylic acid groups (broad SMARTS) is 1. The van der Waals surface area contributed by atoms with E-state index < -0.39 is 95.9 Å². The van der Waals surface area contributed by atoms with Gasteiger partial charge in [-0.25, -0.2) is 18.0 Å². The Labute approximate surface area is 245 Å². The fraction of sp³-hybridized carbons (Fsp3) is 0.560. The van der Waals surface area contributed by atoms with Gasteiger partial charge in [-0.05, 0) is 26.3 Å². The van der Waals surface area contributed by atoms with Gasteiger partial charge in [0.15, 0.2) is 21.4 Å². The van der Waals surface area contributed by atoms with E-state index in [4.69, 9.17) is 22.1 Å². The Hall–Kier alpha value is -2.88. The molecule has 5 rings (SSSR count). The number of benzene rings is 1. The Morgan fingerprint density at radius 3 is 2.41 bits per heavy atom. The van der Waals surface area contributed by atoms with Crippen LogP contribution in [0.25, 0.3) is 0 Å². The monoisotopic (exact) mass is 628 g/mol. The number of carbonyl (C=O) groups is 5. The normalized spacial score (nSPS) is 35.0. The number of β-lactam (4-membered cyclic amide) rings is 2. The number of esters is 1. The van der Waals surface area contributed by atoms with E-state index in [0.717, 1.165) is 21.6 Å². The molecule has 0 aromatic heterocycles. The zero-order valence-electron chi connectivity index (χ0n) is 22.3. The number of thioether (sulfide) groups is 1. The molecule has 0 radical (unpaired) electrons. The van der Waals surface area contributed by atoms with Crippen molar-refractivity contribution in [2.24, 2.45) is 5.73 Å². The van der Waals surface area contributed by atoms with Gasteiger partial charge in [-0.15, -0.1) is 23.4 Å². The number of carboxylic acids is 1. The summed E-state index contributed by atoms with van der Waals surface area (Å²) in [5.41, 5.74) is 4.52. The van der Waals surface area contributed by atoms with Crippen molar-refractivity contribution >= 4 is 62.9 Å². The van der Waals surface area contributed by atoms with E-state index in [9.17, 15) is 37.5 Å². The predicted molar refractivity (Wildman–Crippen MR) is 146 cm³/mol. The van der Waals surface area contributed by atoms with E-state index >= 15 is 0 Å². The van der Waals surface area contributed by atoms with Gasteiger partial charge in [0.05, 0.1) is 11.2 Å². The third kappa shape index (κ3) is 3.85. The number of ether oxygens (including phenoxy) is 1. The van der Waals surface area contributed by atoms with E-state index in [0.29, 0.717) is 5.56 Å². The number of fused-ring (bicyclic) bond motifs is 2. The summed E-state index contributed by atoms with van der Waals surface area (Å²) in [4.78, 5) is 66.6. The lowest BCUT2D eigenvalue weighted by molar-refractivity contribution is -0.182. The molecule has 0 saturated carbocycles. The van der Waals surface area contributed by atoms with Gasteiger partial charge in [-0.1, -0.05) is 30.3 Å². The fourth-order valence-corrected chi connectivity index (χ4v) is 10.6. The molecule has 16 heteroatoms. The highest BCUT2D eigenvalue weighted by molar-refractivity contribution is 8.01. The summed E-state index contributed by atoms with van der Waals surface area (Å²) in [6, 6.07) is 4.81. The zero-order valence-corrected chi connectivity index (χ0v) is 24.7. The SMILES string of the molecule is CC1(C)S[C@@H]2[C@H](NC(=O)C(N)c3ccccc3)C(=O)N2[C@@]1(COC(=O)C1N2C(=O)C[C@@H]2S(=O)(=O)[C@@]1(C)CCl)C(=O)O. The average Bonchev–Trinajstić information content (AvgIpc) is 3.23. The molecule has 4 saturated heterocycles. The number of halogens is 1. The molecule has 0 spiro atoms. The van der Waals surface area contributed by atoms with Crippen molar-refractivity contribution in [2.45, 2.75) is 71.1 Å². The first-order chi connectivity index (χ1) is 19.1. The molecule has 0 aliphatic carbocycles. The summed E-state index contributed by atoms with van der Waals surface area (Å²) in [7, 11) is -4.02. The molecule has 222 valence electrons. The lowest BCUT2D eigenvalue weighted by Gasteiger charge is -2.49. The van der Waals surface area contributed by atoms with E-state index in [-0.39, 0.29) is 6.42 Å². The molecule has 4 aliphatic rings. The Kier molecular flexibility index (Phi) is 6.91. The van der Waals surface area contributed by atoms with Crippen LogP contribution in [0, 0.1) is 0 Å². The van der Waals surface area contributed by atoms with Crippen LogP contribution in [0.2, 0.25) is 0 Å².